The first-order valence-corrected chi connectivity index (χ1v) is 6.44. The summed E-state index contributed by atoms with van der Waals surface area (Å²) in [7, 11) is 0. The minimum Gasteiger partial charge on any atom is -0.508 e. The number of benzene rings is 1. The predicted molar refractivity (Wildman–Crippen MR) is 68.2 cm³/mol. The Morgan fingerprint density at radius 3 is 2.24 bits per heavy atom. The van der Waals surface area contributed by atoms with Crippen molar-refractivity contribution in [3.05, 3.63) is 23.8 Å². The number of phenolic OH excluding ortho intramolecular Hbond substituents is 2. The summed E-state index contributed by atoms with van der Waals surface area (Å²) in [5, 5.41) is 22.5. The molecule has 0 aliphatic heterocycles. The van der Waals surface area contributed by atoms with Crippen LogP contribution in [-0.4, -0.2) is 16.3 Å². The van der Waals surface area contributed by atoms with Gasteiger partial charge in [0.05, 0.1) is 0 Å². The van der Waals surface area contributed by atoms with Crippen LogP contribution in [0.25, 0.3) is 0 Å². The lowest BCUT2D eigenvalue weighted by atomic mass is 9.94. The van der Waals surface area contributed by atoms with E-state index in [9.17, 15) is 10.2 Å². The van der Waals surface area contributed by atoms with E-state index in [0.717, 1.165) is 5.56 Å². The Hall–Kier alpha value is -1.22. The molecular weight excluding hydrogens is 214 g/mol. The molecule has 0 saturated heterocycles. The van der Waals surface area contributed by atoms with E-state index in [4.69, 9.17) is 0 Å². The van der Waals surface area contributed by atoms with Gasteiger partial charge in [0.2, 0.25) is 0 Å². The Labute approximate surface area is 102 Å². The van der Waals surface area contributed by atoms with Gasteiger partial charge in [-0.25, -0.2) is 0 Å². The second-order valence-corrected chi connectivity index (χ2v) is 5.01. The summed E-state index contributed by atoms with van der Waals surface area (Å²) in [6.07, 6.45) is 6.41. The third kappa shape index (κ3) is 3.37. The molecule has 1 aromatic rings. The molecule has 1 aliphatic rings. The van der Waals surface area contributed by atoms with Crippen LogP contribution in [0.1, 0.15) is 50.6 Å². The molecule has 1 unspecified atom stereocenters. The van der Waals surface area contributed by atoms with Crippen molar-refractivity contribution in [2.45, 2.75) is 51.1 Å². The van der Waals surface area contributed by atoms with Crippen LogP contribution < -0.4 is 5.32 Å². The lowest BCUT2D eigenvalue weighted by molar-refractivity contribution is 0.345. The van der Waals surface area contributed by atoms with Crippen molar-refractivity contribution in [1.82, 2.24) is 5.32 Å². The Kier molecular flexibility index (Phi) is 3.89. The first kappa shape index (κ1) is 12.2. The summed E-state index contributed by atoms with van der Waals surface area (Å²) >= 11 is 0. The highest BCUT2D eigenvalue weighted by atomic mass is 16.3. The fourth-order valence-electron chi connectivity index (χ4n) is 2.59. The molecule has 1 aromatic carbocycles. The van der Waals surface area contributed by atoms with E-state index in [1.807, 2.05) is 0 Å². The average molecular weight is 235 g/mol. The van der Waals surface area contributed by atoms with Gasteiger partial charge in [0.15, 0.2) is 0 Å². The number of nitrogens with one attached hydrogen (secondary N) is 1. The minimum absolute atomic E-state index is 0.122. The second kappa shape index (κ2) is 5.41. The minimum atomic E-state index is 0.122. The van der Waals surface area contributed by atoms with Crippen LogP contribution in [0, 0.1) is 0 Å². The van der Waals surface area contributed by atoms with Crippen molar-refractivity contribution in [1.29, 1.82) is 0 Å². The molecule has 2 rings (SSSR count). The first-order chi connectivity index (χ1) is 8.15. The molecular formula is C14H21NO2. The summed E-state index contributed by atoms with van der Waals surface area (Å²) in [6.45, 7) is 2.07. The number of rotatable bonds is 3. The summed E-state index contributed by atoms with van der Waals surface area (Å²) < 4.78 is 0. The largest absolute Gasteiger partial charge is 0.508 e. The predicted octanol–water partition coefficient (Wildman–Crippen LogP) is 3.08. The lowest BCUT2D eigenvalue weighted by Crippen LogP contribution is -2.33. The van der Waals surface area contributed by atoms with Gasteiger partial charge in [0.25, 0.3) is 0 Å². The van der Waals surface area contributed by atoms with Crippen LogP contribution in [0.15, 0.2) is 18.2 Å². The van der Waals surface area contributed by atoms with Gasteiger partial charge in [-0.15, -0.1) is 0 Å². The molecule has 1 atom stereocenters. The molecule has 1 aliphatic carbocycles. The van der Waals surface area contributed by atoms with Crippen molar-refractivity contribution in [3.63, 3.8) is 0 Å². The maximum absolute atomic E-state index is 9.46. The first-order valence-electron chi connectivity index (χ1n) is 6.44. The van der Waals surface area contributed by atoms with E-state index in [2.05, 4.69) is 12.2 Å². The Bertz CT molecular complexity index is 352. The van der Waals surface area contributed by atoms with Gasteiger partial charge in [-0.2, -0.15) is 0 Å². The molecule has 0 amide bonds. The average Bonchev–Trinajstić information content (AvgIpc) is 2.29. The van der Waals surface area contributed by atoms with E-state index in [-0.39, 0.29) is 17.5 Å². The highest BCUT2D eigenvalue weighted by molar-refractivity contribution is 5.37. The van der Waals surface area contributed by atoms with Gasteiger partial charge in [-0.3, -0.25) is 0 Å². The Morgan fingerprint density at radius 2 is 1.65 bits per heavy atom. The number of hydrogen-bond donors (Lipinski definition) is 3. The molecule has 3 N–H and O–H groups in total. The molecule has 17 heavy (non-hydrogen) atoms. The van der Waals surface area contributed by atoms with Crippen molar-refractivity contribution >= 4 is 0 Å². The topological polar surface area (TPSA) is 52.5 Å². The van der Waals surface area contributed by atoms with Gasteiger partial charge in [-0.05, 0) is 37.5 Å². The van der Waals surface area contributed by atoms with Crippen LogP contribution in [-0.2, 0) is 0 Å². The van der Waals surface area contributed by atoms with Crippen molar-refractivity contribution < 1.29 is 10.2 Å². The maximum Gasteiger partial charge on any atom is 0.119 e. The van der Waals surface area contributed by atoms with Crippen LogP contribution in [0.5, 0.6) is 11.5 Å². The zero-order valence-electron chi connectivity index (χ0n) is 10.3. The third-order valence-corrected chi connectivity index (χ3v) is 3.52. The zero-order valence-corrected chi connectivity index (χ0v) is 10.3. The van der Waals surface area contributed by atoms with E-state index in [1.54, 1.807) is 12.1 Å². The molecule has 94 valence electrons. The molecule has 1 saturated carbocycles. The van der Waals surface area contributed by atoms with Gasteiger partial charge >= 0.3 is 0 Å². The van der Waals surface area contributed by atoms with Gasteiger partial charge in [0.1, 0.15) is 11.5 Å². The van der Waals surface area contributed by atoms with Gasteiger partial charge in [-0.1, -0.05) is 19.3 Å². The molecule has 3 nitrogen and oxygen atoms in total. The van der Waals surface area contributed by atoms with E-state index in [0.29, 0.717) is 6.04 Å². The monoisotopic (exact) mass is 235 g/mol. The molecule has 0 bridgehead atoms. The fourth-order valence-corrected chi connectivity index (χ4v) is 2.59. The van der Waals surface area contributed by atoms with Crippen LogP contribution in [0.3, 0.4) is 0 Å². The molecule has 1 fully saturated rings. The Morgan fingerprint density at radius 1 is 1.06 bits per heavy atom. The van der Waals surface area contributed by atoms with E-state index < -0.39 is 0 Å². The van der Waals surface area contributed by atoms with E-state index in [1.165, 1.54) is 38.2 Å². The van der Waals surface area contributed by atoms with E-state index >= 15 is 0 Å². The molecule has 3 heteroatoms. The second-order valence-electron chi connectivity index (χ2n) is 5.01. The summed E-state index contributed by atoms with van der Waals surface area (Å²) in [5.41, 5.74) is 0.938. The molecule has 0 heterocycles. The molecule has 0 radical (unpaired) electrons. The standard InChI is InChI=1S/C14H21NO2/c1-10(15-12-5-3-2-4-6-12)11-7-13(16)9-14(17)8-11/h7-10,12,15-17H,2-6H2,1H3. The smallest absolute Gasteiger partial charge is 0.119 e. The highest BCUT2D eigenvalue weighted by Gasteiger charge is 2.16. The summed E-state index contributed by atoms with van der Waals surface area (Å²) in [6, 6.07) is 5.51. The van der Waals surface area contributed by atoms with Crippen LogP contribution in [0.2, 0.25) is 0 Å². The quantitative estimate of drug-likeness (QED) is 0.754. The van der Waals surface area contributed by atoms with Crippen molar-refractivity contribution in [3.8, 4) is 11.5 Å². The normalized spacial score (nSPS) is 19.1. The lowest BCUT2D eigenvalue weighted by Gasteiger charge is -2.27. The van der Waals surface area contributed by atoms with Gasteiger partial charge < -0.3 is 15.5 Å². The summed E-state index contributed by atoms with van der Waals surface area (Å²) in [5.74, 6) is 0.245. The zero-order chi connectivity index (χ0) is 12.3. The van der Waals surface area contributed by atoms with Crippen LogP contribution in [0.4, 0.5) is 0 Å². The van der Waals surface area contributed by atoms with Gasteiger partial charge in [0, 0.05) is 18.2 Å². The summed E-state index contributed by atoms with van der Waals surface area (Å²) in [4.78, 5) is 0. The number of hydrogen-bond acceptors (Lipinski definition) is 3. The highest BCUT2D eigenvalue weighted by Crippen LogP contribution is 2.26. The van der Waals surface area contributed by atoms with Crippen molar-refractivity contribution in [2.75, 3.05) is 0 Å². The number of phenols is 2. The Balaban J connectivity index is 2.00. The maximum atomic E-state index is 9.46. The molecule has 0 spiro atoms. The van der Waals surface area contributed by atoms with Crippen LogP contribution >= 0.6 is 0 Å². The van der Waals surface area contributed by atoms with Crippen molar-refractivity contribution in [2.24, 2.45) is 0 Å². The fraction of sp³-hybridized carbons (Fsp3) is 0.571. The third-order valence-electron chi connectivity index (χ3n) is 3.52. The number of aromatic hydroxyl groups is 2. The molecule has 0 aromatic heterocycles. The SMILES string of the molecule is CC(NC1CCCCC1)c1cc(O)cc(O)c1.